The normalized spacial score (nSPS) is 49.1. The van der Waals surface area contributed by atoms with Gasteiger partial charge in [0, 0.05) is 13.0 Å². The lowest BCUT2D eigenvalue weighted by molar-refractivity contribution is -0.149. The van der Waals surface area contributed by atoms with E-state index in [-0.39, 0.29) is 5.60 Å². The smallest absolute Gasteiger partial charge is 0.165 e. The van der Waals surface area contributed by atoms with Crippen LogP contribution in [-0.2, 0) is 9.53 Å². The number of ketones is 1. The maximum Gasteiger partial charge on any atom is 0.165 e. The maximum absolute atomic E-state index is 12.0. The van der Waals surface area contributed by atoms with E-state index in [1.165, 1.54) is 19.3 Å². The van der Waals surface area contributed by atoms with Crippen LogP contribution >= 0.6 is 0 Å². The third-order valence-corrected chi connectivity index (χ3v) is 4.20. The number of fused-ring (bicyclic) bond motifs is 3. The summed E-state index contributed by atoms with van der Waals surface area (Å²) in [5, 5.41) is 0. The first-order valence-corrected chi connectivity index (χ1v) is 5.48. The van der Waals surface area contributed by atoms with Gasteiger partial charge in [0.2, 0.25) is 0 Å². The van der Waals surface area contributed by atoms with E-state index in [9.17, 15) is 4.79 Å². The zero-order valence-corrected chi connectivity index (χ0v) is 7.92. The van der Waals surface area contributed by atoms with Crippen LogP contribution in [0.4, 0.5) is 0 Å². The van der Waals surface area contributed by atoms with Crippen LogP contribution in [0, 0.1) is 11.8 Å². The molecule has 2 saturated carbocycles. The quantitative estimate of drug-likeness (QED) is 0.569. The summed E-state index contributed by atoms with van der Waals surface area (Å²) in [4.78, 5) is 12.0. The molecule has 0 amide bonds. The highest BCUT2D eigenvalue weighted by atomic mass is 16.5. The van der Waals surface area contributed by atoms with Gasteiger partial charge >= 0.3 is 0 Å². The fourth-order valence-corrected chi connectivity index (χ4v) is 3.55. The van der Waals surface area contributed by atoms with E-state index >= 15 is 0 Å². The number of hydrogen-bond acceptors (Lipinski definition) is 2. The summed E-state index contributed by atoms with van der Waals surface area (Å²) in [6, 6.07) is 0. The molecule has 0 N–H and O–H groups in total. The zero-order valence-electron chi connectivity index (χ0n) is 7.92. The standard InChI is InChI=1S/C11H16O2/c12-10-7-8-2-3-9(6-8)11(10)4-1-5-13-11/h8-9H,1-7H2/t8-,9+,11-/m0/s1. The predicted molar refractivity (Wildman–Crippen MR) is 48.4 cm³/mol. The second-order valence-electron chi connectivity index (χ2n) is 4.84. The molecule has 1 heterocycles. The molecule has 2 heteroatoms. The molecule has 1 saturated heterocycles. The van der Waals surface area contributed by atoms with Crippen molar-refractivity contribution >= 4 is 5.78 Å². The lowest BCUT2D eigenvalue weighted by Gasteiger charge is -2.36. The summed E-state index contributed by atoms with van der Waals surface area (Å²) in [5.41, 5.74) is -0.299. The number of hydrogen-bond donors (Lipinski definition) is 0. The topological polar surface area (TPSA) is 26.3 Å². The number of Topliss-reactive ketones (excluding diaryl/α,β-unsaturated/α-hetero) is 1. The number of carbonyl (C=O) groups excluding carboxylic acids is 1. The molecule has 0 aromatic carbocycles. The number of rotatable bonds is 0. The first kappa shape index (κ1) is 7.98. The predicted octanol–water partition coefficient (Wildman–Crippen LogP) is 1.92. The second kappa shape index (κ2) is 2.57. The summed E-state index contributed by atoms with van der Waals surface area (Å²) in [6.07, 6.45) is 6.65. The molecule has 2 bridgehead atoms. The zero-order chi connectivity index (χ0) is 8.89. The van der Waals surface area contributed by atoms with Gasteiger partial charge in [-0.05, 0) is 43.9 Å². The van der Waals surface area contributed by atoms with Crippen molar-refractivity contribution in [2.45, 2.75) is 44.1 Å². The van der Waals surface area contributed by atoms with Crippen LogP contribution in [0.2, 0.25) is 0 Å². The highest BCUT2D eigenvalue weighted by Gasteiger charge is 2.54. The monoisotopic (exact) mass is 180 g/mol. The Kier molecular flexibility index (Phi) is 1.58. The molecule has 3 atom stereocenters. The van der Waals surface area contributed by atoms with E-state index in [2.05, 4.69) is 0 Å². The van der Waals surface area contributed by atoms with Crippen molar-refractivity contribution in [2.24, 2.45) is 11.8 Å². The molecule has 2 aliphatic carbocycles. The van der Waals surface area contributed by atoms with Crippen molar-refractivity contribution in [1.29, 1.82) is 0 Å². The van der Waals surface area contributed by atoms with Crippen LogP contribution in [0.25, 0.3) is 0 Å². The molecule has 0 aromatic heterocycles. The molecule has 3 fully saturated rings. The molecule has 3 rings (SSSR count). The van der Waals surface area contributed by atoms with Gasteiger partial charge in [-0.1, -0.05) is 0 Å². The average molecular weight is 180 g/mol. The fraction of sp³-hybridized carbons (Fsp3) is 0.909. The summed E-state index contributed by atoms with van der Waals surface area (Å²) < 4.78 is 5.77. The van der Waals surface area contributed by atoms with Crippen molar-refractivity contribution in [1.82, 2.24) is 0 Å². The molecule has 0 unspecified atom stereocenters. The van der Waals surface area contributed by atoms with Crippen molar-refractivity contribution in [3.8, 4) is 0 Å². The summed E-state index contributed by atoms with van der Waals surface area (Å²) in [6.45, 7) is 0.812. The molecule has 13 heavy (non-hydrogen) atoms. The van der Waals surface area contributed by atoms with Gasteiger partial charge in [0.15, 0.2) is 5.78 Å². The van der Waals surface area contributed by atoms with Gasteiger partial charge < -0.3 is 4.74 Å². The molecule has 1 aliphatic heterocycles. The second-order valence-corrected chi connectivity index (χ2v) is 4.84. The molecule has 0 radical (unpaired) electrons. The Labute approximate surface area is 78.6 Å². The van der Waals surface area contributed by atoms with Gasteiger partial charge in [0.25, 0.3) is 0 Å². The third-order valence-electron chi connectivity index (χ3n) is 4.20. The van der Waals surface area contributed by atoms with Crippen LogP contribution in [0.1, 0.15) is 38.5 Å². The van der Waals surface area contributed by atoms with Crippen molar-refractivity contribution in [2.75, 3.05) is 6.61 Å². The summed E-state index contributed by atoms with van der Waals surface area (Å²) in [7, 11) is 0. The van der Waals surface area contributed by atoms with E-state index in [1.807, 2.05) is 0 Å². The molecule has 1 spiro atoms. The SMILES string of the molecule is O=C1C[C@H]2CC[C@H](C2)[C@@]12CCCO2. The lowest BCUT2D eigenvalue weighted by atomic mass is 9.73. The van der Waals surface area contributed by atoms with Crippen molar-refractivity contribution < 1.29 is 9.53 Å². The fourth-order valence-electron chi connectivity index (χ4n) is 3.55. The van der Waals surface area contributed by atoms with E-state index in [1.54, 1.807) is 0 Å². The van der Waals surface area contributed by atoms with Gasteiger partial charge in [0.05, 0.1) is 0 Å². The Hall–Kier alpha value is -0.370. The van der Waals surface area contributed by atoms with Crippen molar-refractivity contribution in [3.05, 3.63) is 0 Å². The minimum absolute atomic E-state index is 0.299. The van der Waals surface area contributed by atoms with E-state index in [0.717, 1.165) is 25.9 Å². The maximum atomic E-state index is 12.0. The van der Waals surface area contributed by atoms with Gasteiger partial charge in [-0.15, -0.1) is 0 Å². The average Bonchev–Trinajstić information content (AvgIpc) is 2.67. The van der Waals surface area contributed by atoms with Gasteiger partial charge in [-0.3, -0.25) is 4.79 Å². The van der Waals surface area contributed by atoms with Crippen LogP contribution < -0.4 is 0 Å². The Morgan fingerprint density at radius 2 is 2.31 bits per heavy atom. The number of carbonyl (C=O) groups is 1. The lowest BCUT2D eigenvalue weighted by Crippen LogP contribution is -2.47. The molecule has 2 nitrogen and oxygen atoms in total. The van der Waals surface area contributed by atoms with E-state index in [4.69, 9.17) is 4.74 Å². The molecular formula is C11H16O2. The van der Waals surface area contributed by atoms with Gasteiger partial charge in [-0.25, -0.2) is 0 Å². The Balaban J connectivity index is 1.95. The highest BCUT2D eigenvalue weighted by molar-refractivity contribution is 5.89. The summed E-state index contributed by atoms with van der Waals surface area (Å²) >= 11 is 0. The Morgan fingerprint density at radius 3 is 3.08 bits per heavy atom. The van der Waals surface area contributed by atoms with Gasteiger partial charge in [0.1, 0.15) is 5.60 Å². The number of ether oxygens (including phenoxy) is 1. The molecule has 0 aromatic rings. The third kappa shape index (κ3) is 0.954. The Bertz CT molecular complexity index is 240. The van der Waals surface area contributed by atoms with E-state index in [0.29, 0.717) is 17.6 Å². The summed E-state index contributed by atoms with van der Waals surface area (Å²) in [5.74, 6) is 1.69. The Morgan fingerprint density at radius 1 is 1.38 bits per heavy atom. The molecular weight excluding hydrogens is 164 g/mol. The van der Waals surface area contributed by atoms with Crippen LogP contribution in [0.15, 0.2) is 0 Å². The minimum Gasteiger partial charge on any atom is -0.367 e. The van der Waals surface area contributed by atoms with E-state index < -0.39 is 0 Å². The highest BCUT2D eigenvalue weighted by Crippen LogP contribution is 2.51. The molecule has 3 aliphatic rings. The van der Waals surface area contributed by atoms with Crippen molar-refractivity contribution in [3.63, 3.8) is 0 Å². The largest absolute Gasteiger partial charge is 0.367 e. The van der Waals surface area contributed by atoms with Crippen LogP contribution in [-0.4, -0.2) is 18.0 Å². The van der Waals surface area contributed by atoms with Crippen LogP contribution in [0.5, 0.6) is 0 Å². The first-order chi connectivity index (χ1) is 6.31. The first-order valence-electron chi connectivity index (χ1n) is 5.48. The van der Waals surface area contributed by atoms with Crippen LogP contribution in [0.3, 0.4) is 0 Å². The van der Waals surface area contributed by atoms with Gasteiger partial charge in [-0.2, -0.15) is 0 Å². The minimum atomic E-state index is -0.299. The molecule has 72 valence electrons.